The highest BCUT2D eigenvalue weighted by Crippen LogP contribution is 2.16. The maximum absolute atomic E-state index is 8.95. The lowest BCUT2D eigenvalue weighted by atomic mass is 9.99. The highest BCUT2D eigenvalue weighted by atomic mass is 32.2. The number of nitrogens with one attached hydrogen (secondary N) is 1. The monoisotopic (exact) mass is 228 g/mol. The first-order valence-corrected chi connectivity index (χ1v) is 6.91. The zero-order valence-corrected chi connectivity index (χ0v) is 11.3. The van der Waals surface area contributed by atoms with Crippen LogP contribution in [0, 0.1) is 17.2 Å². The molecular formula is C12H24N2S. The van der Waals surface area contributed by atoms with E-state index in [-0.39, 0.29) is 5.54 Å². The van der Waals surface area contributed by atoms with Gasteiger partial charge in [-0.3, -0.25) is 0 Å². The molecule has 0 aromatic carbocycles. The summed E-state index contributed by atoms with van der Waals surface area (Å²) in [5.41, 5.74) is -0.336. The molecule has 0 aliphatic carbocycles. The lowest BCUT2D eigenvalue weighted by Crippen LogP contribution is -2.37. The van der Waals surface area contributed by atoms with E-state index in [0.29, 0.717) is 0 Å². The van der Waals surface area contributed by atoms with Crippen molar-refractivity contribution in [2.24, 2.45) is 5.92 Å². The zero-order chi connectivity index (χ0) is 11.7. The number of nitriles is 1. The van der Waals surface area contributed by atoms with Gasteiger partial charge in [0.15, 0.2) is 0 Å². The molecule has 0 spiro atoms. The number of hydrogen-bond donors (Lipinski definition) is 1. The molecule has 2 atom stereocenters. The Morgan fingerprint density at radius 3 is 2.67 bits per heavy atom. The summed E-state index contributed by atoms with van der Waals surface area (Å²) in [6, 6.07) is 2.32. The van der Waals surface area contributed by atoms with Crippen molar-refractivity contribution in [1.29, 1.82) is 5.26 Å². The summed E-state index contributed by atoms with van der Waals surface area (Å²) in [6.07, 6.45) is 3.32. The maximum Gasteiger partial charge on any atom is 0.103 e. The third kappa shape index (κ3) is 6.81. The third-order valence-corrected chi connectivity index (χ3v) is 4.25. The van der Waals surface area contributed by atoms with Crippen molar-refractivity contribution in [3.8, 4) is 6.07 Å². The van der Waals surface area contributed by atoms with E-state index in [1.807, 2.05) is 25.7 Å². The van der Waals surface area contributed by atoms with Gasteiger partial charge in [0, 0.05) is 0 Å². The van der Waals surface area contributed by atoms with Crippen LogP contribution in [0.25, 0.3) is 0 Å². The summed E-state index contributed by atoms with van der Waals surface area (Å²) in [6.45, 7) is 6.49. The van der Waals surface area contributed by atoms with Crippen LogP contribution in [0.5, 0.6) is 0 Å². The second-order valence-electron chi connectivity index (χ2n) is 4.39. The molecule has 0 aromatic rings. The fraction of sp³-hybridized carbons (Fsp3) is 0.917. The van der Waals surface area contributed by atoms with Gasteiger partial charge in [-0.05, 0) is 44.2 Å². The molecule has 0 amide bonds. The summed E-state index contributed by atoms with van der Waals surface area (Å²) in [4.78, 5) is 0. The Bertz CT molecular complexity index is 200. The Labute approximate surface area is 98.8 Å². The highest BCUT2D eigenvalue weighted by Gasteiger charge is 2.19. The van der Waals surface area contributed by atoms with Gasteiger partial charge in [-0.15, -0.1) is 0 Å². The molecule has 0 aromatic heterocycles. The molecule has 3 heteroatoms. The van der Waals surface area contributed by atoms with Crippen molar-refractivity contribution < 1.29 is 0 Å². The van der Waals surface area contributed by atoms with Gasteiger partial charge in [0.1, 0.15) is 5.54 Å². The molecule has 0 aliphatic rings. The van der Waals surface area contributed by atoms with Crippen LogP contribution < -0.4 is 5.32 Å². The van der Waals surface area contributed by atoms with Crippen LogP contribution in [-0.2, 0) is 0 Å². The smallest absolute Gasteiger partial charge is 0.103 e. The first-order valence-electron chi connectivity index (χ1n) is 5.76. The van der Waals surface area contributed by atoms with Crippen LogP contribution in [0.2, 0.25) is 0 Å². The quantitative estimate of drug-likeness (QED) is 0.649. The molecular weight excluding hydrogens is 204 g/mol. The Morgan fingerprint density at radius 1 is 1.53 bits per heavy atom. The van der Waals surface area contributed by atoms with E-state index >= 15 is 0 Å². The zero-order valence-electron chi connectivity index (χ0n) is 10.5. The number of hydrogen-bond acceptors (Lipinski definition) is 3. The lowest BCUT2D eigenvalue weighted by Gasteiger charge is -2.20. The van der Waals surface area contributed by atoms with E-state index in [2.05, 4.69) is 25.2 Å². The van der Waals surface area contributed by atoms with Gasteiger partial charge < -0.3 is 5.32 Å². The second-order valence-corrected chi connectivity index (χ2v) is 5.54. The minimum atomic E-state index is -0.336. The average molecular weight is 228 g/mol. The molecule has 0 rings (SSSR count). The molecule has 0 saturated carbocycles. The van der Waals surface area contributed by atoms with Crippen molar-refractivity contribution >= 4 is 11.8 Å². The highest BCUT2D eigenvalue weighted by molar-refractivity contribution is 7.99. The van der Waals surface area contributed by atoms with Crippen LogP contribution >= 0.6 is 11.8 Å². The lowest BCUT2D eigenvalue weighted by molar-refractivity contribution is 0.451. The number of nitrogens with zero attached hydrogens (tertiary/aromatic N) is 1. The Balaban J connectivity index is 3.51. The van der Waals surface area contributed by atoms with Gasteiger partial charge in [-0.1, -0.05) is 20.3 Å². The second kappa shape index (κ2) is 8.01. The normalized spacial score (nSPS) is 16.7. The molecule has 0 fully saturated rings. The van der Waals surface area contributed by atoms with E-state index in [0.717, 1.165) is 18.8 Å². The van der Waals surface area contributed by atoms with Crippen LogP contribution in [0.3, 0.4) is 0 Å². The van der Waals surface area contributed by atoms with E-state index in [9.17, 15) is 0 Å². The molecule has 0 heterocycles. The molecule has 0 saturated heterocycles. The van der Waals surface area contributed by atoms with Crippen molar-refractivity contribution in [2.45, 2.75) is 45.6 Å². The van der Waals surface area contributed by atoms with Gasteiger partial charge in [-0.2, -0.15) is 17.0 Å². The minimum Gasteiger partial charge on any atom is -0.303 e. The average Bonchev–Trinajstić information content (AvgIpc) is 2.27. The van der Waals surface area contributed by atoms with Crippen molar-refractivity contribution in [3.05, 3.63) is 0 Å². The first kappa shape index (κ1) is 14.8. The minimum absolute atomic E-state index is 0.336. The summed E-state index contributed by atoms with van der Waals surface area (Å²) >= 11 is 2.01. The summed E-state index contributed by atoms with van der Waals surface area (Å²) in [5.74, 6) is 3.24. The van der Waals surface area contributed by atoms with Crippen molar-refractivity contribution in [3.63, 3.8) is 0 Å². The van der Waals surface area contributed by atoms with Crippen LogP contribution in [0.1, 0.15) is 40.0 Å². The van der Waals surface area contributed by atoms with Crippen LogP contribution in [-0.4, -0.2) is 24.1 Å². The van der Waals surface area contributed by atoms with E-state index in [1.54, 1.807) is 0 Å². The van der Waals surface area contributed by atoms with Gasteiger partial charge >= 0.3 is 0 Å². The standard InChI is InChI=1S/C12H24N2S/c1-5-11(2)9-15-8-6-7-12(3,10-13)14-4/h11,14H,5-9H2,1-4H3. The molecule has 88 valence electrons. The largest absolute Gasteiger partial charge is 0.303 e. The van der Waals surface area contributed by atoms with Crippen molar-refractivity contribution in [1.82, 2.24) is 5.32 Å². The predicted molar refractivity (Wildman–Crippen MR) is 69.1 cm³/mol. The third-order valence-electron chi connectivity index (χ3n) is 2.86. The van der Waals surface area contributed by atoms with E-state index in [1.165, 1.54) is 17.9 Å². The molecule has 0 radical (unpaired) electrons. The predicted octanol–water partition coefficient (Wildman–Crippen LogP) is 3.05. The maximum atomic E-state index is 8.95. The van der Waals surface area contributed by atoms with Gasteiger partial charge in [0.05, 0.1) is 6.07 Å². The summed E-state index contributed by atoms with van der Waals surface area (Å²) in [7, 11) is 1.86. The molecule has 0 bridgehead atoms. The molecule has 15 heavy (non-hydrogen) atoms. The van der Waals surface area contributed by atoms with Gasteiger partial charge in [0.2, 0.25) is 0 Å². The fourth-order valence-electron chi connectivity index (χ4n) is 1.17. The van der Waals surface area contributed by atoms with Gasteiger partial charge in [0.25, 0.3) is 0 Å². The summed E-state index contributed by atoms with van der Waals surface area (Å²) in [5, 5.41) is 12.0. The Kier molecular flexibility index (Phi) is 7.90. The van der Waals surface area contributed by atoms with Crippen LogP contribution in [0.15, 0.2) is 0 Å². The molecule has 0 aliphatic heterocycles. The first-order chi connectivity index (χ1) is 7.08. The van der Waals surface area contributed by atoms with E-state index < -0.39 is 0 Å². The summed E-state index contributed by atoms with van der Waals surface area (Å²) < 4.78 is 0. The SMILES string of the molecule is CCC(C)CSCCCC(C)(C#N)NC. The van der Waals surface area contributed by atoms with Crippen molar-refractivity contribution in [2.75, 3.05) is 18.6 Å². The molecule has 2 nitrogen and oxygen atoms in total. The number of rotatable bonds is 8. The fourth-order valence-corrected chi connectivity index (χ4v) is 2.32. The van der Waals surface area contributed by atoms with E-state index in [4.69, 9.17) is 5.26 Å². The number of thioether (sulfide) groups is 1. The molecule has 2 unspecified atom stereocenters. The van der Waals surface area contributed by atoms with Gasteiger partial charge in [-0.25, -0.2) is 0 Å². The Morgan fingerprint density at radius 2 is 2.20 bits per heavy atom. The molecule has 1 N–H and O–H groups in total. The topological polar surface area (TPSA) is 35.8 Å². The Hall–Kier alpha value is -0.200. The van der Waals surface area contributed by atoms with Crippen LogP contribution in [0.4, 0.5) is 0 Å².